The quantitative estimate of drug-likeness (QED) is 0.0208. The van der Waals surface area contributed by atoms with E-state index in [-0.39, 0.29) is 18.9 Å². The van der Waals surface area contributed by atoms with Crippen molar-refractivity contribution in [2.45, 2.75) is 293 Å². The predicted octanol–water partition coefficient (Wildman–Crippen LogP) is 8.11. The van der Waals surface area contributed by atoms with Crippen molar-refractivity contribution in [2.75, 3.05) is 19.8 Å². The molecule has 400 valence electrons. The summed E-state index contributed by atoms with van der Waals surface area (Å²) in [4.78, 5) is 13.0. The number of amides is 1. The lowest BCUT2D eigenvalue weighted by atomic mass is 9.97. The second-order valence-corrected chi connectivity index (χ2v) is 19.7. The third-order valence-corrected chi connectivity index (χ3v) is 13.6. The topological polar surface area (TPSA) is 228 Å². The Labute approximate surface area is 411 Å². The third kappa shape index (κ3) is 27.3. The average Bonchev–Trinajstić information content (AvgIpc) is 3.34. The van der Waals surface area contributed by atoms with Crippen LogP contribution in [0.5, 0.6) is 0 Å². The Bertz CT molecular complexity index is 1240. The second-order valence-electron chi connectivity index (χ2n) is 19.7. The smallest absolute Gasteiger partial charge is 0.220 e. The number of rotatable bonds is 43. The van der Waals surface area contributed by atoms with Gasteiger partial charge < -0.3 is 65.1 Å². The second kappa shape index (κ2) is 41.0. The molecular weight excluding hydrogens is 871 g/mol. The highest BCUT2D eigenvalue weighted by molar-refractivity contribution is 5.76. The van der Waals surface area contributed by atoms with Gasteiger partial charge in [0.15, 0.2) is 12.6 Å². The largest absolute Gasteiger partial charge is 0.394 e. The summed E-state index contributed by atoms with van der Waals surface area (Å²) in [6.45, 7) is 2.72. The van der Waals surface area contributed by atoms with E-state index in [1.165, 1.54) is 148 Å². The van der Waals surface area contributed by atoms with Gasteiger partial charge in [0.2, 0.25) is 5.91 Å². The molecular formula is C54H101NO13. The zero-order valence-corrected chi connectivity index (χ0v) is 42.6. The van der Waals surface area contributed by atoms with Crippen LogP contribution in [0.3, 0.4) is 0 Å². The first kappa shape index (κ1) is 62.6. The summed E-state index contributed by atoms with van der Waals surface area (Å²) in [5.41, 5.74) is 0. The molecule has 9 N–H and O–H groups in total. The van der Waals surface area contributed by atoms with Crippen LogP contribution in [0.4, 0.5) is 0 Å². The molecule has 2 rings (SSSR count). The molecule has 1 amide bonds. The van der Waals surface area contributed by atoms with Gasteiger partial charge in [0.25, 0.3) is 0 Å². The molecule has 0 spiro atoms. The first-order valence-electron chi connectivity index (χ1n) is 27.6. The molecule has 0 radical (unpaired) electrons. The molecule has 0 aromatic rings. The number of aliphatic hydroxyl groups excluding tert-OH is 8. The van der Waals surface area contributed by atoms with Crippen LogP contribution >= 0.6 is 0 Å². The number of carbonyl (C=O) groups is 1. The van der Waals surface area contributed by atoms with Gasteiger partial charge in [0.1, 0.15) is 48.8 Å². The molecule has 0 bridgehead atoms. The van der Waals surface area contributed by atoms with Gasteiger partial charge in [-0.2, -0.15) is 0 Å². The zero-order valence-electron chi connectivity index (χ0n) is 42.6. The highest BCUT2D eigenvalue weighted by atomic mass is 16.7. The van der Waals surface area contributed by atoms with E-state index in [0.717, 1.165) is 38.5 Å². The van der Waals surface area contributed by atoms with Crippen molar-refractivity contribution in [2.24, 2.45) is 0 Å². The van der Waals surface area contributed by atoms with Crippen LogP contribution in [0.15, 0.2) is 24.3 Å². The molecule has 2 aliphatic heterocycles. The molecule has 68 heavy (non-hydrogen) atoms. The molecule has 0 saturated carbocycles. The fourth-order valence-corrected chi connectivity index (χ4v) is 9.13. The van der Waals surface area contributed by atoms with E-state index in [1.54, 1.807) is 6.08 Å². The molecule has 12 atom stereocenters. The molecule has 0 aliphatic carbocycles. The fraction of sp³-hybridized carbons (Fsp3) is 0.907. The maximum Gasteiger partial charge on any atom is 0.220 e. The van der Waals surface area contributed by atoms with Crippen molar-refractivity contribution >= 4 is 5.91 Å². The molecule has 2 aliphatic rings. The Balaban J connectivity index is 1.70. The minimum absolute atomic E-state index is 0.255. The number of ether oxygens (including phenoxy) is 4. The van der Waals surface area contributed by atoms with Gasteiger partial charge in [-0.25, -0.2) is 0 Å². The zero-order chi connectivity index (χ0) is 49.6. The summed E-state index contributed by atoms with van der Waals surface area (Å²) in [5, 5.41) is 86.5. The lowest BCUT2D eigenvalue weighted by Gasteiger charge is -2.46. The van der Waals surface area contributed by atoms with Gasteiger partial charge in [-0.3, -0.25) is 4.79 Å². The van der Waals surface area contributed by atoms with E-state index in [9.17, 15) is 45.6 Å². The number of allylic oxidation sites excluding steroid dienone is 3. The van der Waals surface area contributed by atoms with Crippen molar-refractivity contribution < 1.29 is 64.6 Å². The summed E-state index contributed by atoms with van der Waals surface area (Å²) in [5.74, 6) is -0.255. The summed E-state index contributed by atoms with van der Waals surface area (Å²) in [6, 6.07) is -0.925. The first-order valence-corrected chi connectivity index (χ1v) is 27.6. The van der Waals surface area contributed by atoms with Gasteiger partial charge in [0.05, 0.1) is 32.0 Å². The minimum atomic E-state index is -1.79. The number of hydrogen-bond acceptors (Lipinski definition) is 13. The van der Waals surface area contributed by atoms with Gasteiger partial charge in [-0.05, 0) is 32.1 Å². The minimum Gasteiger partial charge on any atom is -0.394 e. The Morgan fingerprint density at radius 3 is 1.44 bits per heavy atom. The van der Waals surface area contributed by atoms with E-state index in [4.69, 9.17) is 18.9 Å². The number of nitrogens with one attached hydrogen (secondary N) is 1. The molecule has 2 saturated heterocycles. The summed E-state index contributed by atoms with van der Waals surface area (Å²) < 4.78 is 22.6. The molecule has 12 unspecified atom stereocenters. The third-order valence-electron chi connectivity index (χ3n) is 13.6. The van der Waals surface area contributed by atoms with Crippen molar-refractivity contribution in [1.29, 1.82) is 0 Å². The molecule has 0 aromatic heterocycles. The van der Waals surface area contributed by atoms with E-state index in [2.05, 4.69) is 31.3 Å². The monoisotopic (exact) mass is 972 g/mol. The molecule has 2 fully saturated rings. The van der Waals surface area contributed by atoms with Crippen LogP contribution in [0, 0.1) is 0 Å². The summed E-state index contributed by atoms with van der Waals surface area (Å²) >= 11 is 0. The molecule has 2 heterocycles. The maximum absolute atomic E-state index is 13.0. The Hall–Kier alpha value is -1.53. The van der Waals surface area contributed by atoms with Crippen molar-refractivity contribution in [3.05, 3.63) is 24.3 Å². The summed E-state index contributed by atoms with van der Waals surface area (Å²) in [7, 11) is 0. The van der Waals surface area contributed by atoms with Crippen LogP contribution in [-0.4, -0.2) is 140 Å². The highest BCUT2D eigenvalue weighted by Gasteiger charge is 2.51. The maximum atomic E-state index is 13.0. The predicted molar refractivity (Wildman–Crippen MR) is 268 cm³/mol. The SMILES string of the molecule is CCCCCCCCCCCCCCCCCCCCCCC/C=C/CC/C=C/C(O)C(COC1OC(CO)C(OC2OC(CO)C(O)C(O)C2O)C(O)C1O)NC(=O)CCCCCCCCC. The number of carbonyl (C=O) groups excluding carboxylic acids is 1. The van der Waals surface area contributed by atoms with Gasteiger partial charge in [0, 0.05) is 6.42 Å². The average molecular weight is 972 g/mol. The van der Waals surface area contributed by atoms with Crippen LogP contribution in [0.25, 0.3) is 0 Å². The van der Waals surface area contributed by atoms with Crippen molar-refractivity contribution in [1.82, 2.24) is 5.32 Å². The van der Waals surface area contributed by atoms with E-state index < -0.39 is 86.8 Å². The highest BCUT2D eigenvalue weighted by Crippen LogP contribution is 2.30. The molecule has 0 aromatic carbocycles. The van der Waals surface area contributed by atoms with Crippen molar-refractivity contribution in [3.8, 4) is 0 Å². The normalized spacial score (nSPS) is 26.5. The summed E-state index contributed by atoms with van der Waals surface area (Å²) in [6.07, 6.45) is 29.9. The number of aliphatic hydroxyl groups is 8. The fourth-order valence-electron chi connectivity index (χ4n) is 9.13. The Morgan fingerprint density at radius 1 is 0.515 bits per heavy atom. The lowest BCUT2D eigenvalue weighted by Crippen LogP contribution is -2.65. The van der Waals surface area contributed by atoms with E-state index in [0.29, 0.717) is 12.8 Å². The van der Waals surface area contributed by atoms with Gasteiger partial charge in [-0.15, -0.1) is 0 Å². The van der Waals surface area contributed by atoms with Crippen LogP contribution in [0.1, 0.15) is 219 Å². The Morgan fingerprint density at radius 2 is 0.941 bits per heavy atom. The van der Waals surface area contributed by atoms with Crippen LogP contribution in [-0.2, 0) is 23.7 Å². The molecule has 14 heteroatoms. The standard InChI is InChI=1S/C54H101NO13/c1-3-5-7-9-11-12-13-14-15-16-17-18-19-20-21-22-23-24-25-26-27-28-29-30-32-33-35-37-43(58)42(55-46(59)38-36-34-31-10-8-6-4-2)41-65-53-51(64)49(62)52(45(40-57)67-53)68-54-50(63)48(61)47(60)44(39-56)66-54/h29-30,35,37,42-45,47-54,56-58,60-64H,3-28,31-34,36,38-41H2,1-2H3,(H,55,59)/b30-29+,37-35+. The van der Waals surface area contributed by atoms with Crippen molar-refractivity contribution in [3.63, 3.8) is 0 Å². The van der Waals surface area contributed by atoms with Gasteiger partial charge >= 0.3 is 0 Å². The number of hydrogen-bond donors (Lipinski definition) is 9. The van der Waals surface area contributed by atoms with Crippen LogP contribution < -0.4 is 5.32 Å². The number of unbranched alkanes of at least 4 members (excludes halogenated alkanes) is 28. The molecule has 14 nitrogen and oxygen atoms in total. The van der Waals surface area contributed by atoms with Gasteiger partial charge in [-0.1, -0.05) is 205 Å². The first-order chi connectivity index (χ1) is 33.1. The van der Waals surface area contributed by atoms with Crippen LogP contribution in [0.2, 0.25) is 0 Å². The Kier molecular flexibility index (Phi) is 37.7. The van der Waals surface area contributed by atoms with E-state index >= 15 is 0 Å². The lowest BCUT2D eigenvalue weighted by molar-refractivity contribution is -0.359. The van der Waals surface area contributed by atoms with E-state index in [1.807, 2.05) is 6.08 Å².